The van der Waals surface area contributed by atoms with Gasteiger partial charge in [0.05, 0.1) is 13.3 Å². The molecule has 0 fully saturated rings. The highest BCUT2D eigenvalue weighted by atomic mass is 16.6. The van der Waals surface area contributed by atoms with E-state index in [9.17, 15) is 9.59 Å². The van der Waals surface area contributed by atoms with E-state index in [4.69, 9.17) is 9.26 Å². The number of hydrogen-bond donors (Lipinski definition) is 1. The van der Waals surface area contributed by atoms with Gasteiger partial charge in [0.1, 0.15) is 5.75 Å². The number of aromatic nitrogens is 1. The molecule has 0 atom stereocenters. The van der Waals surface area contributed by atoms with Crippen LogP contribution in [0.2, 0.25) is 0 Å². The van der Waals surface area contributed by atoms with Crippen molar-refractivity contribution in [3.05, 3.63) is 42.3 Å². The molecule has 20 heavy (non-hydrogen) atoms. The monoisotopic (exact) mass is 276 g/mol. The molecular formula is C13H12N2O5. The zero-order valence-electron chi connectivity index (χ0n) is 10.7. The number of methoxy groups -OCH3 is 1. The van der Waals surface area contributed by atoms with Crippen molar-refractivity contribution >= 4 is 17.6 Å². The molecule has 0 spiro atoms. The van der Waals surface area contributed by atoms with Crippen molar-refractivity contribution < 1.29 is 23.6 Å². The molecule has 7 nitrogen and oxygen atoms in total. The summed E-state index contributed by atoms with van der Waals surface area (Å²) in [6, 6.07) is 8.05. The molecule has 0 aliphatic heterocycles. The molecule has 1 amide bonds. The maximum absolute atomic E-state index is 11.7. The largest absolute Gasteiger partial charge is 0.482 e. The van der Waals surface area contributed by atoms with Gasteiger partial charge in [0.25, 0.3) is 5.91 Å². The summed E-state index contributed by atoms with van der Waals surface area (Å²) in [5.41, 5.74) is 0.508. The zero-order chi connectivity index (χ0) is 14.4. The molecule has 0 unspecified atom stereocenters. The molecule has 2 rings (SSSR count). The van der Waals surface area contributed by atoms with E-state index in [0.717, 1.165) is 0 Å². The molecule has 104 valence electrons. The highest BCUT2D eigenvalue weighted by Crippen LogP contribution is 2.18. The van der Waals surface area contributed by atoms with Crippen LogP contribution < -0.4 is 10.1 Å². The number of amides is 1. The number of esters is 1. The standard InChI is InChI=1S/C13H12N2O5/c1-18-12(16)8-19-10-4-2-3-9(7-10)15-13(17)11-5-6-14-20-11/h2-7H,8H2,1H3,(H,15,17). The van der Waals surface area contributed by atoms with Gasteiger partial charge >= 0.3 is 5.97 Å². The first-order chi connectivity index (χ1) is 9.69. The van der Waals surface area contributed by atoms with Gasteiger partial charge in [-0.05, 0) is 12.1 Å². The molecule has 1 heterocycles. The van der Waals surface area contributed by atoms with E-state index in [2.05, 4.69) is 15.2 Å². The molecule has 0 radical (unpaired) electrons. The lowest BCUT2D eigenvalue weighted by Gasteiger charge is -2.07. The van der Waals surface area contributed by atoms with Gasteiger partial charge in [-0.15, -0.1) is 0 Å². The maximum atomic E-state index is 11.7. The number of nitrogens with zero attached hydrogens (tertiary/aromatic N) is 1. The van der Waals surface area contributed by atoms with Crippen molar-refractivity contribution in [2.24, 2.45) is 0 Å². The number of carbonyl (C=O) groups is 2. The second-order valence-electron chi connectivity index (χ2n) is 3.72. The summed E-state index contributed by atoms with van der Waals surface area (Å²) in [7, 11) is 1.28. The Hall–Kier alpha value is -2.83. The number of rotatable bonds is 5. The van der Waals surface area contributed by atoms with Gasteiger partial charge in [-0.2, -0.15) is 0 Å². The van der Waals surface area contributed by atoms with Gasteiger partial charge in [0.15, 0.2) is 6.61 Å². The molecule has 1 N–H and O–H groups in total. The van der Waals surface area contributed by atoms with Gasteiger partial charge in [-0.25, -0.2) is 4.79 Å². The summed E-state index contributed by atoms with van der Waals surface area (Å²) < 4.78 is 14.4. The van der Waals surface area contributed by atoms with E-state index in [-0.39, 0.29) is 12.4 Å². The van der Waals surface area contributed by atoms with Gasteiger partial charge in [0.2, 0.25) is 5.76 Å². The molecule has 7 heteroatoms. The quantitative estimate of drug-likeness (QED) is 0.832. The lowest BCUT2D eigenvalue weighted by atomic mass is 10.3. The molecule has 0 aliphatic carbocycles. The van der Waals surface area contributed by atoms with Crippen LogP contribution in [0.3, 0.4) is 0 Å². The third-order valence-corrected chi connectivity index (χ3v) is 2.34. The van der Waals surface area contributed by atoms with Crippen LogP contribution in [0.25, 0.3) is 0 Å². The van der Waals surface area contributed by atoms with Crippen LogP contribution >= 0.6 is 0 Å². The topological polar surface area (TPSA) is 90.7 Å². The third kappa shape index (κ3) is 3.58. The van der Waals surface area contributed by atoms with Crippen molar-refractivity contribution in [3.8, 4) is 5.75 Å². The van der Waals surface area contributed by atoms with Crippen molar-refractivity contribution in [1.29, 1.82) is 0 Å². The van der Waals surface area contributed by atoms with Crippen LogP contribution in [0.5, 0.6) is 5.75 Å². The first-order valence-corrected chi connectivity index (χ1v) is 5.71. The Kier molecular flexibility index (Phi) is 4.33. The summed E-state index contributed by atoms with van der Waals surface area (Å²) in [5, 5.41) is 6.07. The van der Waals surface area contributed by atoms with Crippen molar-refractivity contribution in [2.75, 3.05) is 19.0 Å². The highest BCUT2D eigenvalue weighted by molar-refractivity contribution is 6.02. The Morgan fingerprint density at radius 2 is 2.20 bits per heavy atom. The van der Waals surface area contributed by atoms with Crippen molar-refractivity contribution in [1.82, 2.24) is 5.16 Å². The Labute approximate surface area is 114 Å². The molecule has 0 aliphatic rings. The number of hydrogen-bond acceptors (Lipinski definition) is 6. The second kappa shape index (κ2) is 6.37. The van der Waals surface area contributed by atoms with Crippen LogP contribution in [-0.4, -0.2) is 30.7 Å². The van der Waals surface area contributed by atoms with Crippen LogP contribution in [0.1, 0.15) is 10.6 Å². The minimum Gasteiger partial charge on any atom is -0.482 e. The van der Waals surface area contributed by atoms with Gasteiger partial charge in [-0.3, -0.25) is 4.79 Å². The highest BCUT2D eigenvalue weighted by Gasteiger charge is 2.10. The summed E-state index contributed by atoms with van der Waals surface area (Å²) in [4.78, 5) is 22.7. The number of nitrogens with one attached hydrogen (secondary N) is 1. The summed E-state index contributed by atoms with van der Waals surface area (Å²) in [6.07, 6.45) is 1.38. The minimum absolute atomic E-state index is 0.103. The summed E-state index contributed by atoms with van der Waals surface area (Å²) in [6.45, 7) is -0.198. The van der Waals surface area contributed by atoms with E-state index in [1.165, 1.54) is 19.4 Å². The first-order valence-electron chi connectivity index (χ1n) is 5.71. The lowest BCUT2D eigenvalue weighted by molar-refractivity contribution is -0.142. The molecule has 2 aromatic rings. The summed E-state index contributed by atoms with van der Waals surface area (Å²) >= 11 is 0. The molecular weight excluding hydrogens is 264 g/mol. The number of carbonyl (C=O) groups excluding carboxylic acids is 2. The Bertz CT molecular complexity index is 595. The van der Waals surface area contributed by atoms with E-state index in [1.54, 1.807) is 24.3 Å². The second-order valence-corrected chi connectivity index (χ2v) is 3.72. The summed E-state index contributed by atoms with van der Waals surface area (Å²) in [5.74, 6) is -0.370. The third-order valence-electron chi connectivity index (χ3n) is 2.34. The first kappa shape index (κ1) is 13.6. The Balaban J connectivity index is 1.99. The zero-order valence-corrected chi connectivity index (χ0v) is 10.7. The molecule has 1 aromatic carbocycles. The molecule has 0 saturated carbocycles. The number of benzene rings is 1. The van der Waals surface area contributed by atoms with Crippen LogP contribution in [0, 0.1) is 0 Å². The lowest BCUT2D eigenvalue weighted by Crippen LogP contribution is -2.13. The smallest absolute Gasteiger partial charge is 0.343 e. The van der Waals surface area contributed by atoms with Gasteiger partial charge < -0.3 is 19.3 Å². The fraction of sp³-hybridized carbons (Fsp3) is 0.154. The van der Waals surface area contributed by atoms with Crippen molar-refractivity contribution in [3.63, 3.8) is 0 Å². The van der Waals surface area contributed by atoms with Gasteiger partial charge in [0, 0.05) is 17.8 Å². The maximum Gasteiger partial charge on any atom is 0.343 e. The van der Waals surface area contributed by atoms with Crippen molar-refractivity contribution in [2.45, 2.75) is 0 Å². The molecule has 1 aromatic heterocycles. The average molecular weight is 276 g/mol. The van der Waals surface area contributed by atoms with E-state index in [0.29, 0.717) is 11.4 Å². The average Bonchev–Trinajstić information content (AvgIpc) is 2.99. The van der Waals surface area contributed by atoms with Gasteiger partial charge in [-0.1, -0.05) is 11.2 Å². The normalized spacial score (nSPS) is 9.85. The fourth-order valence-corrected chi connectivity index (χ4v) is 1.39. The van der Waals surface area contributed by atoms with Crippen LogP contribution in [-0.2, 0) is 9.53 Å². The van der Waals surface area contributed by atoms with E-state index >= 15 is 0 Å². The van der Waals surface area contributed by atoms with Crippen LogP contribution in [0.15, 0.2) is 41.1 Å². The number of anilines is 1. The number of ether oxygens (including phenoxy) is 2. The minimum atomic E-state index is -0.485. The SMILES string of the molecule is COC(=O)COc1cccc(NC(=O)c2ccno2)c1. The fourth-order valence-electron chi connectivity index (χ4n) is 1.39. The van der Waals surface area contributed by atoms with E-state index in [1.807, 2.05) is 0 Å². The van der Waals surface area contributed by atoms with Crippen LogP contribution in [0.4, 0.5) is 5.69 Å². The molecule has 0 saturated heterocycles. The Morgan fingerprint density at radius 1 is 1.35 bits per heavy atom. The predicted octanol–water partition coefficient (Wildman–Crippen LogP) is 1.48. The van der Waals surface area contributed by atoms with E-state index < -0.39 is 11.9 Å². The predicted molar refractivity (Wildman–Crippen MR) is 68.4 cm³/mol. The Morgan fingerprint density at radius 3 is 2.90 bits per heavy atom. The molecule has 0 bridgehead atoms.